The Labute approximate surface area is 101 Å². The smallest absolute Gasteiger partial charge is 0.326 e. The van der Waals surface area contributed by atoms with E-state index in [1.165, 1.54) is 4.90 Å². The molecule has 0 spiro atoms. The van der Waals surface area contributed by atoms with Crippen LogP contribution in [-0.2, 0) is 0 Å². The van der Waals surface area contributed by atoms with Crippen molar-refractivity contribution < 1.29 is 13.2 Å². The molecule has 0 aromatic rings. The summed E-state index contributed by atoms with van der Waals surface area (Å²) >= 11 is 0. The molecule has 0 heterocycles. The van der Waals surface area contributed by atoms with Crippen molar-refractivity contribution in [3.8, 4) is 0 Å². The lowest BCUT2D eigenvalue weighted by atomic mass is 10.0. The van der Waals surface area contributed by atoms with Crippen molar-refractivity contribution in [2.75, 3.05) is 13.1 Å². The molecule has 2 atom stereocenters. The van der Waals surface area contributed by atoms with E-state index in [0.29, 0.717) is 6.54 Å². The van der Waals surface area contributed by atoms with Crippen LogP contribution in [0.1, 0.15) is 45.4 Å². The second kappa shape index (κ2) is 6.59. The van der Waals surface area contributed by atoms with E-state index in [4.69, 9.17) is 5.73 Å². The number of hydrogen-bond acceptors (Lipinski definition) is 2. The summed E-state index contributed by atoms with van der Waals surface area (Å²) < 4.78 is 37.6. The first-order valence-electron chi connectivity index (χ1n) is 6.50. The first-order chi connectivity index (χ1) is 7.94. The van der Waals surface area contributed by atoms with Crippen molar-refractivity contribution in [1.29, 1.82) is 0 Å². The molecule has 2 N–H and O–H groups in total. The van der Waals surface area contributed by atoms with Crippen LogP contribution in [0.2, 0.25) is 0 Å². The van der Waals surface area contributed by atoms with Gasteiger partial charge in [-0.3, -0.25) is 4.90 Å². The fourth-order valence-electron chi connectivity index (χ4n) is 2.65. The minimum atomic E-state index is -4.12. The molecule has 17 heavy (non-hydrogen) atoms. The van der Waals surface area contributed by atoms with Gasteiger partial charge in [-0.2, -0.15) is 13.2 Å². The van der Waals surface area contributed by atoms with Gasteiger partial charge in [-0.15, -0.1) is 0 Å². The molecule has 2 unspecified atom stereocenters. The number of hydrogen-bond donors (Lipinski definition) is 1. The maximum absolute atomic E-state index is 12.5. The lowest BCUT2D eigenvalue weighted by molar-refractivity contribution is -0.152. The fraction of sp³-hybridized carbons (Fsp3) is 1.00. The molecule has 0 amide bonds. The van der Waals surface area contributed by atoms with Crippen LogP contribution in [0.25, 0.3) is 0 Å². The Kier molecular flexibility index (Phi) is 5.73. The molecule has 1 saturated carbocycles. The zero-order valence-electron chi connectivity index (χ0n) is 10.5. The minimum absolute atomic E-state index is 0.0981. The van der Waals surface area contributed by atoms with Gasteiger partial charge in [0.15, 0.2) is 0 Å². The number of rotatable bonds is 4. The van der Waals surface area contributed by atoms with Crippen molar-refractivity contribution in [3.05, 3.63) is 0 Å². The third kappa shape index (κ3) is 5.25. The predicted octanol–water partition coefficient (Wildman–Crippen LogP) is 2.92. The molecule has 0 bridgehead atoms. The second-order valence-corrected chi connectivity index (χ2v) is 4.95. The van der Waals surface area contributed by atoms with E-state index in [0.717, 1.165) is 38.5 Å². The summed E-state index contributed by atoms with van der Waals surface area (Å²) in [4.78, 5) is 1.54. The SMILES string of the molecule is CCCN(CC(F)(F)F)C1CCCCCC1N. The zero-order chi connectivity index (χ0) is 12.9. The largest absolute Gasteiger partial charge is 0.401 e. The monoisotopic (exact) mass is 252 g/mol. The molecule has 1 fully saturated rings. The summed E-state index contributed by atoms with van der Waals surface area (Å²) in [5, 5.41) is 0. The Morgan fingerprint density at radius 2 is 1.82 bits per heavy atom. The number of alkyl halides is 3. The van der Waals surface area contributed by atoms with Crippen molar-refractivity contribution in [3.63, 3.8) is 0 Å². The van der Waals surface area contributed by atoms with Crippen molar-refractivity contribution >= 4 is 0 Å². The summed E-state index contributed by atoms with van der Waals surface area (Å²) in [5.74, 6) is 0. The highest BCUT2D eigenvalue weighted by Crippen LogP contribution is 2.25. The lowest BCUT2D eigenvalue weighted by Gasteiger charge is -2.35. The zero-order valence-corrected chi connectivity index (χ0v) is 10.5. The van der Waals surface area contributed by atoms with Crippen LogP contribution in [0.5, 0.6) is 0 Å². The molecular weight excluding hydrogens is 229 g/mol. The van der Waals surface area contributed by atoms with Gasteiger partial charge in [0.1, 0.15) is 0 Å². The highest BCUT2D eigenvalue weighted by atomic mass is 19.4. The standard InChI is InChI=1S/C12H23F3N2/c1-2-8-17(9-12(13,14)15)11-7-5-3-4-6-10(11)16/h10-11H,2-9,16H2,1H3. The third-order valence-electron chi connectivity index (χ3n) is 3.39. The molecule has 1 aliphatic rings. The molecule has 0 saturated heterocycles. The average molecular weight is 252 g/mol. The maximum atomic E-state index is 12.5. The van der Waals surface area contributed by atoms with Gasteiger partial charge in [0, 0.05) is 12.1 Å². The van der Waals surface area contributed by atoms with Gasteiger partial charge in [-0.1, -0.05) is 26.2 Å². The minimum Gasteiger partial charge on any atom is -0.326 e. The van der Waals surface area contributed by atoms with Crippen molar-refractivity contribution in [1.82, 2.24) is 4.90 Å². The van der Waals surface area contributed by atoms with E-state index in [-0.39, 0.29) is 12.1 Å². The molecule has 1 aliphatic carbocycles. The first kappa shape index (κ1) is 14.8. The van der Waals surface area contributed by atoms with E-state index in [1.807, 2.05) is 6.92 Å². The maximum Gasteiger partial charge on any atom is 0.401 e. The van der Waals surface area contributed by atoms with Gasteiger partial charge in [-0.25, -0.2) is 0 Å². The number of halogens is 3. The Hall–Kier alpha value is -0.290. The van der Waals surface area contributed by atoms with Gasteiger partial charge in [0.2, 0.25) is 0 Å². The highest BCUT2D eigenvalue weighted by Gasteiger charge is 2.35. The molecule has 5 heteroatoms. The Balaban J connectivity index is 2.66. The van der Waals surface area contributed by atoms with Crippen LogP contribution in [0, 0.1) is 0 Å². The summed E-state index contributed by atoms with van der Waals surface area (Å²) in [7, 11) is 0. The van der Waals surface area contributed by atoms with Gasteiger partial charge in [0.25, 0.3) is 0 Å². The summed E-state index contributed by atoms with van der Waals surface area (Å²) in [5.41, 5.74) is 6.02. The molecular formula is C12H23F3N2. The van der Waals surface area contributed by atoms with E-state index < -0.39 is 12.7 Å². The lowest BCUT2D eigenvalue weighted by Crippen LogP contribution is -2.50. The number of nitrogens with zero attached hydrogens (tertiary/aromatic N) is 1. The Bertz CT molecular complexity index is 218. The van der Waals surface area contributed by atoms with E-state index in [1.54, 1.807) is 0 Å². The Morgan fingerprint density at radius 1 is 1.18 bits per heavy atom. The van der Waals surface area contributed by atoms with Crippen LogP contribution >= 0.6 is 0 Å². The topological polar surface area (TPSA) is 29.3 Å². The third-order valence-corrected chi connectivity index (χ3v) is 3.39. The van der Waals surface area contributed by atoms with Gasteiger partial charge >= 0.3 is 6.18 Å². The molecule has 0 radical (unpaired) electrons. The van der Waals surface area contributed by atoms with Crippen molar-refractivity contribution in [2.45, 2.75) is 63.7 Å². The molecule has 0 aromatic carbocycles. The molecule has 1 rings (SSSR count). The van der Waals surface area contributed by atoms with Gasteiger partial charge in [0.05, 0.1) is 6.54 Å². The normalized spacial score (nSPS) is 27.2. The predicted molar refractivity (Wildman–Crippen MR) is 62.8 cm³/mol. The summed E-state index contributed by atoms with van der Waals surface area (Å²) in [6.45, 7) is 1.57. The quantitative estimate of drug-likeness (QED) is 0.779. The van der Waals surface area contributed by atoms with Crippen LogP contribution in [0.3, 0.4) is 0 Å². The van der Waals surface area contributed by atoms with Crippen LogP contribution < -0.4 is 5.73 Å². The van der Waals surface area contributed by atoms with Crippen molar-refractivity contribution in [2.24, 2.45) is 5.73 Å². The fourth-order valence-corrected chi connectivity index (χ4v) is 2.65. The van der Waals surface area contributed by atoms with E-state index >= 15 is 0 Å². The van der Waals surface area contributed by atoms with E-state index in [2.05, 4.69) is 0 Å². The molecule has 0 aromatic heterocycles. The van der Waals surface area contributed by atoms with Crippen LogP contribution in [-0.4, -0.2) is 36.2 Å². The Morgan fingerprint density at radius 3 is 2.41 bits per heavy atom. The highest BCUT2D eigenvalue weighted by molar-refractivity contribution is 4.85. The molecule has 0 aliphatic heterocycles. The van der Waals surface area contributed by atoms with Gasteiger partial charge < -0.3 is 5.73 Å². The van der Waals surface area contributed by atoms with E-state index in [9.17, 15) is 13.2 Å². The van der Waals surface area contributed by atoms with Crippen LogP contribution in [0.15, 0.2) is 0 Å². The molecule has 102 valence electrons. The van der Waals surface area contributed by atoms with Crippen LogP contribution in [0.4, 0.5) is 13.2 Å². The summed E-state index contributed by atoms with van der Waals surface area (Å²) in [6.07, 6.45) is 1.40. The molecule has 2 nitrogen and oxygen atoms in total. The summed E-state index contributed by atoms with van der Waals surface area (Å²) in [6, 6.07) is -0.203. The number of nitrogens with two attached hydrogens (primary N) is 1. The average Bonchev–Trinajstić information content (AvgIpc) is 2.40. The second-order valence-electron chi connectivity index (χ2n) is 4.95. The van der Waals surface area contributed by atoms with Gasteiger partial charge in [-0.05, 0) is 25.8 Å². The first-order valence-corrected chi connectivity index (χ1v) is 6.50.